The van der Waals surface area contributed by atoms with E-state index in [1.54, 1.807) is 12.1 Å². The number of benzene rings is 2. The van der Waals surface area contributed by atoms with Gasteiger partial charge in [0.05, 0.1) is 12.8 Å². The molecule has 0 atom stereocenters. The molecule has 3 N–H and O–H groups in total. The number of ether oxygens (including phenoxy) is 1. The Hall–Kier alpha value is -3.16. The van der Waals surface area contributed by atoms with Gasteiger partial charge in [-0.25, -0.2) is 19.0 Å². The Morgan fingerprint density at radius 3 is 2.35 bits per heavy atom. The molecule has 0 saturated carbocycles. The van der Waals surface area contributed by atoms with Crippen molar-refractivity contribution in [2.45, 2.75) is 0 Å². The van der Waals surface area contributed by atoms with Gasteiger partial charge in [-0.2, -0.15) is 0 Å². The molecule has 0 aliphatic carbocycles. The average molecular weight is 321 g/mol. The lowest BCUT2D eigenvalue weighted by molar-refractivity contribution is 0.0938. The van der Waals surface area contributed by atoms with Crippen LogP contribution in [0.2, 0.25) is 0 Å². The first-order valence-corrected chi connectivity index (χ1v) is 6.46. The van der Waals surface area contributed by atoms with Crippen LogP contribution in [0, 0.1) is 11.6 Å². The van der Waals surface area contributed by atoms with Crippen LogP contribution in [-0.4, -0.2) is 19.0 Å². The number of carbonyl (C=O) groups is 2. The van der Waals surface area contributed by atoms with Crippen LogP contribution in [0.3, 0.4) is 0 Å². The maximum Gasteiger partial charge on any atom is 0.338 e. The van der Waals surface area contributed by atoms with E-state index in [0.717, 1.165) is 18.2 Å². The molecule has 0 radical (unpaired) electrons. The Balaban J connectivity index is 1.90. The number of methoxy groups -OCH3 is 1. The maximum atomic E-state index is 13.4. The number of carbonyl (C=O) groups excluding carboxylic acids is 2. The molecule has 2 aromatic carbocycles. The number of hydrogen-bond donors (Lipinski definition) is 3. The molecule has 23 heavy (non-hydrogen) atoms. The van der Waals surface area contributed by atoms with Crippen LogP contribution in [0.15, 0.2) is 42.5 Å². The van der Waals surface area contributed by atoms with E-state index in [2.05, 4.69) is 10.7 Å². The molecule has 8 heteroatoms. The van der Waals surface area contributed by atoms with Crippen molar-refractivity contribution in [2.75, 3.05) is 12.4 Å². The van der Waals surface area contributed by atoms with Crippen molar-refractivity contribution < 1.29 is 23.1 Å². The minimum atomic E-state index is -0.920. The van der Waals surface area contributed by atoms with E-state index in [0.29, 0.717) is 5.75 Å². The van der Waals surface area contributed by atoms with Gasteiger partial charge in [-0.1, -0.05) is 0 Å². The van der Waals surface area contributed by atoms with Gasteiger partial charge in [0.2, 0.25) is 0 Å². The van der Waals surface area contributed by atoms with Crippen LogP contribution in [0.1, 0.15) is 10.4 Å². The number of nitrogens with one attached hydrogen (secondary N) is 3. The zero-order valence-electron chi connectivity index (χ0n) is 12.0. The first-order chi connectivity index (χ1) is 11.0. The van der Waals surface area contributed by atoms with Gasteiger partial charge in [0, 0.05) is 11.6 Å². The molecule has 120 valence electrons. The van der Waals surface area contributed by atoms with E-state index in [9.17, 15) is 18.4 Å². The SMILES string of the molecule is COc1ccc(C(=O)NNC(=O)Nc2cc(F)ccc2F)cc1. The third kappa shape index (κ3) is 4.40. The van der Waals surface area contributed by atoms with Crippen LogP contribution in [0.4, 0.5) is 19.3 Å². The molecule has 6 nitrogen and oxygen atoms in total. The van der Waals surface area contributed by atoms with E-state index in [4.69, 9.17) is 4.74 Å². The number of amides is 3. The lowest BCUT2D eigenvalue weighted by Gasteiger charge is -2.10. The van der Waals surface area contributed by atoms with E-state index in [-0.39, 0.29) is 11.3 Å². The largest absolute Gasteiger partial charge is 0.497 e. The molecule has 0 spiro atoms. The summed E-state index contributed by atoms with van der Waals surface area (Å²) in [5.74, 6) is -1.51. The molecular formula is C15H13F2N3O3. The Bertz CT molecular complexity index is 720. The molecule has 0 aromatic heterocycles. The predicted octanol–water partition coefficient (Wildman–Crippen LogP) is 2.44. The van der Waals surface area contributed by atoms with E-state index >= 15 is 0 Å². The summed E-state index contributed by atoms with van der Waals surface area (Å²) in [5.41, 5.74) is 4.10. The van der Waals surface area contributed by atoms with Crippen molar-refractivity contribution in [3.63, 3.8) is 0 Å². The first-order valence-electron chi connectivity index (χ1n) is 6.46. The second-order valence-corrected chi connectivity index (χ2v) is 4.39. The van der Waals surface area contributed by atoms with Gasteiger partial charge < -0.3 is 10.1 Å². The summed E-state index contributed by atoms with van der Waals surface area (Å²) in [5, 5.41) is 2.08. The summed E-state index contributed by atoms with van der Waals surface area (Å²) < 4.78 is 31.3. The molecule has 0 aliphatic rings. The number of hydrazine groups is 1. The van der Waals surface area contributed by atoms with Crippen LogP contribution in [-0.2, 0) is 0 Å². The summed E-state index contributed by atoms with van der Waals surface area (Å²) in [4.78, 5) is 23.4. The second-order valence-electron chi connectivity index (χ2n) is 4.39. The van der Waals surface area contributed by atoms with E-state index in [1.807, 2.05) is 5.43 Å². The van der Waals surface area contributed by atoms with Crippen molar-refractivity contribution in [2.24, 2.45) is 0 Å². The molecule has 0 bridgehead atoms. The molecule has 0 aliphatic heterocycles. The Morgan fingerprint density at radius 1 is 1.00 bits per heavy atom. The third-order valence-electron chi connectivity index (χ3n) is 2.82. The summed E-state index contributed by atoms with van der Waals surface area (Å²) in [7, 11) is 1.49. The molecule has 2 aromatic rings. The molecule has 3 amide bonds. The average Bonchev–Trinajstić information content (AvgIpc) is 2.56. The number of anilines is 1. The number of hydrogen-bond acceptors (Lipinski definition) is 3. The fourth-order valence-electron chi connectivity index (χ4n) is 1.67. The van der Waals surface area contributed by atoms with Gasteiger partial charge in [-0.15, -0.1) is 0 Å². The van der Waals surface area contributed by atoms with Gasteiger partial charge in [-0.3, -0.25) is 10.2 Å². The summed E-state index contributed by atoms with van der Waals surface area (Å²) in [6, 6.07) is 7.86. The minimum absolute atomic E-state index is 0.281. The summed E-state index contributed by atoms with van der Waals surface area (Å²) in [6.45, 7) is 0. The zero-order valence-corrected chi connectivity index (χ0v) is 12.0. The van der Waals surface area contributed by atoms with Crippen LogP contribution in [0.5, 0.6) is 5.75 Å². The van der Waals surface area contributed by atoms with Crippen molar-refractivity contribution in [3.8, 4) is 5.75 Å². The topological polar surface area (TPSA) is 79.5 Å². The standard InChI is InChI=1S/C15H13F2N3O3/c1-23-11-5-2-9(3-6-11)14(21)19-20-15(22)18-13-8-10(16)4-7-12(13)17/h2-8H,1H3,(H,19,21)(H2,18,20,22). The fourth-order valence-corrected chi connectivity index (χ4v) is 1.67. The summed E-state index contributed by atoms with van der Waals surface area (Å²) in [6.07, 6.45) is 0. The molecule has 0 saturated heterocycles. The Kier molecular flexibility index (Phi) is 5.08. The van der Waals surface area contributed by atoms with Crippen molar-refractivity contribution in [1.82, 2.24) is 10.9 Å². The predicted molar refractivity (Wildman–Crippen MR) is 79.0 cm³/mol. The quantitative estimate of drug-likeness (QED) is 0.760. The van der Waals surface area contributed by atoms with Gasteiger partial charge >= 0.3 is 6.03 Å². The van der Waals surface area contributed by atoms with Crippen LogP contribution < -0.4 is 20.9 Å². The number of urea groups is 1. The van der Waals surface area contributed by atoms with Crippen molar-refractivity contribution in [3.05, 3.63) is 59.7 Å². The van der Waals surface area contributed by atoms with Crippen molar-refractivity contribution in [1.29, 1.82) is 0 Å². The highest BCUT2D eigenvalue weighted by atomic mass is 19.1. The first kappa shape index (κ1) is 16.2. The molecule has 0 unspecified atom stereocenters. The Labute approximate surface area is 130 Å². The van der Waals surface area contributed by atoms with Gasteiger partial charge in [-0.05, 0) is 36.4 Å². The Morgan fingerprint density at radius 2 is 1.70 bits per heavy atom. The van der Waals surface area contributed by atoms with Gasteiger partial charge in [0.15, 0.2) is 0 Å². The van der Waals surface area contributed by atoms with Crippen LogP contribution >= 0.6 is 0 Å². The van der Waals surface area contributed by atoms with Crippen LogP contribution in [0.25, 0.3) is 0 Å². The highest BCUT2D eigenvalue weighted by molar-refractivity contribution is 5.97. The third-order valence-corrected chi connectivity index (χ3v) is 2.82. The maximum absolute atomic E-state index is 13.4. The fraction of sp³-hybridized carbons (Fsp3) is 0.0667. The van der Waals surface area contributed by atoms with E-state index < -0.39 is 23.6 Å². The normalized spacial score (nSPS) is 9.87. The second kappa shape index (κ2) is 7.21. The highest BCUT2D eigenvalue weighted by Gasteiger charge is 2.10. The highest BCUT2D eigenvalue weighted by Crippen LogP contribution is 2.15. The molecule has 0 heterocycles. The monoisotopic (exact) mass is 321 g/mol. The smallest absolute Gasteiger partial charge is 0.338 e. The number of halogens is 2. The zero-order chi connectivity index (χ0) is 16.8. The lowest BCUT2D eigenvalue weighted by Crippen LogP contribution is -2.44. The van der Waals surface area contributed by atoms with Gasteiger partial charge in [0.25, 0.3) is 5.91 Å². The van der Waals surface area contributed by atoms with Gasteiger partial charge in [0.1, 0.15) is 17.4 Å². The van der Waals surface area contributed by atoms with Crippen molar-refractivity contribution >= 4 is 17.6 Å². The minimum Gasteiger partial charge on any atom is -0.497 e. The summed E-state index contributed by atoms with van der Waals surface area (Å²) >= 11 is 0. The number of rotatable bonds is 3. The van der Waals surface area contributed by atoms with E-state index in [1.165, 1.54) is 19.2 Å². The molecular weight excluding hydrogens is 308 g/mol. The molecule has 2 rings (SSSR count). The molecule has 0 fully saturated rings. The lowest BCUT2D eigenvalue weighted by atomic mass is 10.2.